The van der Waals surface area contributed by atoms with Crippen molar-refractivity contribution < 1.29 is 22.6 Å². The van der Waals surface area contributed by atoms with Crippen LogP contribution in [0, 0.1) is 0 Å². The van der Waals surface area contributed by atoms with Crippen LogP contribution >= 0.6 is 15.9 Å². The van der Waals surface area contributed by atoms with Gasteiger partial charge in [0.2, 0.25) is 0 Å². The Morgan fingerprint density at radius 3 is 2.43 bits per heavy atom. The van der Waals surface area contributed by atoms with Crippen LogP contribution in [0.15, 0.2) is 117 Å². The molecule has 0 spiro atoms. The Kier molecular flexibility index (Phi) is 7.92. The van der Waals surface area contributed by atoms with E-state index in [2.05, 4.69) is 26.0 Å². The summed E-state index contributed by atoms with van der Waals surface area (Å²) in [4.78, 5) is 18.0. The van der Waals surface area contributed by atoms with Gasteiger partial charge >= 0.3 is 6.18 Å². The predicted octanol–water partition coefficient (Wildman–Crippen LogP) is 8.47. The number of alkyl halides is 3. The molecule has 1 aromatic heterocycles. The van der Waals surface area contributed by atoms with Crippen molar-refractivity contribution in [3.05, 3.63) is 135 Å². The van der Waals surface area contributed by atoms with Crippen LogP contribution in [0.25, 0.3) is 33.1 Å². The molecule has 6 nitrogen and oxygen atoms in total. The monoisotopic (exact) mass is 657 g/mol. The maximum atomic E-state index is 13.5. The summed E-state index contributed by atoms with van der Waals surface area (Å²) in [6, 6.07) is 28.7. The number of halogens is 4. The second kappa shape index (κ2) is 12.0. The molecule has 0 aliphatic carbocycles. The van der Waals surface area contributed by atoms with Crippen molar-refractivity contribution in [3.8, 4) is 22.9 Å². The summed E-state index contributed by atoms with van der Waals surface area (Å²) in [7, 11) is 1.51. The maximum Gasteiger partial charge on any atom is 0.416 e. The molecule has 0 bridgehead atoms. The lowest BCUT2D eigenvalue weighted by molar-refractivity contribution is -0.137. The zero-order valence-electron chi connectivity index (χ0n) is 23.2. The average molecular weight is 658 g/mol. The molecular formula is C34H23BrF3N3O3. The van der Waals surface area contributed by atoms with Crippen LogP contribution in [0.1, 0.15) is 16.7 Å². The van der Waals surface area contributed by atoms with E-state index in [1.807, 2.05) is 42.5 Å². The third-order valence-electron chi connectivity index (χ3n) is 7.03. The Morgan fingerprint density at radius 1 is 0.909 bits per heavy atom. The number of aromatic nitrogens is 2. The van der Waals surface area contributed by atoms with Gasteiger partial charge in [-0.3, -0.25) is 4.79 Å². The summed E-state index contributed by atoms with van der Waals surface area (Å²) in [6.45, 7) is 0.294. The highest BCUT2D eigenvalue weighted by Gasteiger charge is 2.31. The van der Waals surface area contributed by atoms with E-state index in [-0.39, 0.29) is 16.8 Å². The second-order valence-electron chi connectivity index (χ2n) is 9.85. The molecule has 5 aromatic carbocycles. The number of hydrogen-bond donors (Lipinski definition) is 0. The minimum Gasteiger partial charge on any atom is -0.493 e. The summed E-state index contributed by atoms with van der Waals surface area (Å²) in [5, 5.41) is 6.85. The van der Waals surface area contributed by atoms with Crippen LogP contribution in [0.3, 0.4) is 0 Å². The van der Waals surface area contributed by atoms with Gasteiger partial charge in [-0.05, 0) is 74.2 Å². The van der Waals surface area contributed by atoms with Gasteiger partial charge in [-0.25, -0.2) is 4.98 Å². The molecule has 1 heterocycles. The lowest BCUT2D eigenvalue weighted by atomic mass is 10.1. The lowest BCUT2D eigenvalue weighted by Crippen LogP contribution is -2.20. The maximum absolute atomic E-state index is 13.5. The standard InChI is InChI=1S/C34H23BrF3N3O3/c1-43-30-17-21(16-28(35)31(30)44-20-24-11-6-9-22-8-2-3-13-26(22)24)19-39-41-32(23-10-7-12-25(18-23)34(36,37)38)40-29-15-5-4-14-27(29)33(41)42/h2-19H,20H2,1H3. The fourth-order valence-electron chi connectivity index (χ4n) is 4.90. The van der Waals surface area contributed by atoms with Crippen molar-refractivity contribution in [1.29, 1.82) is 0 Å². The quantitative estimate of drug-likeness (QED) is 0.162. The molecular weight excluding hydrogens is 635 g/mol. The van der Waals surface area contributed by atoms with Gasteiger partial charge in [0.1, 0.15) is 6.61 Å². The summed E-state index contributed by atoms with van der Waals surface area (Å²) in [5.41, 5.74) is 0.597. The van der Waals surface area contributed by atoms with Crippen molar-refractivity contribution in [2.45, 2.75) is 12.8 Å². The molecule has 0 radical (unpaired) electrons. The highest BCUT2D eigenvalue weighted by molar-refractivity contribution is 9.10. The number of hydrogen-bond acceptors (Lipinski definition) is 5. The van der Waals surface area contributed by atoms with Crippen molar-refractivity contribution in [2.75, 3.05) is 7.11 Å². The van der Waals surface area contributed by atoms with Crippen molar-refractivity contribution >= 4 is 43.8 Å². The van der Waals surface area contributed by atoms with Gasteiger partial charge in [-0.1, -0.05) is 66.7 Å². The van der Waals surface area contributed by atoms with Crippen LogP contribution in [-0.2, 0) is 12.8 Å². The van der Waals surface area contributed by atoms with Crippen molar-refractivity contribution in [2.24, 2.45) is 5.10 Å². The fraction of sp³-hybridized carbons (Fsp3) is 0.0882. The van der Waals surface area contributed by atoms with Crippen LogP contribution < -0.4 is 15.0 Å². The van der Waals surface area contributed by atoms with Gasteiger partial charge in [-0.15, -0.1) is 0 Å². The molecule has 6 aromatic rings. The molecule has 0 saturated heterocycles. The Hall–Kier alpha value is -4.96. The topological polar surface area (TPSA) is 65.7 Å². The third kappa shape index (κ3) is 5.80. The molecule has 0 saturated carbocycles. The third-order valence-corrected chi connectivity index (χ3v) is 7.62. The first-order chi connectivity index (χ1) is 21.2. The first-order valence-electron chi connectivity index (χ1n) is 13.4. The molecule has 0 unspecified atom stereocenters. The molecule has 0 aliphatic heterocycles. The highest BCUT2D eigenvalue weighted by Crippen LogP contribution is 2.37. The minimum absolute atomic E-state index is 0.0304. The van der Waals surface area contributed by atoms with E-state index in [9.17, 15) is 18.0 Å². The fourth-order valence-corrected chi connectivity index (χ4v) is 5.47. The Labute approximate surface area is 258 Å². The Bertz CT molecular complexity index is 2100. The first kappa shape index (κ1) is 29.1. The number of rotatable bonds is 7. The number of methoxy groups -OCH3 is 1. The Balaban J connectivity index is 1.37. The van der Waals surface area contributed by atoms with Crippen LogP contribution in [0.4, 0.5) is 13.2 Å². The van der Waals surface area contributed by atoms with Gasteiger partial charge in [0.05, 0.1) is 34.3 Å². The van der Waals surface area contributed by atoms with E-state index in [1.165, 1.54) is 25.5 Å². The number of fused-ring (bicyclic) bond motifs is 2. The lowest BCUT2D eigenvalue weighted by Gasteiger charge is -2.15. The highest BCUT2D eigenvalue weighted by atomic mass is 79.9. The van der Waals surface area contributed by atoms with E-state index in [4.69, 9.17) is 9.47 Å². The largest absolute Gasteiger partial charge is 0.493 e. The molecule has 44 heavy (non-hydrogen) atoms. The number of benzene rings is 5. The summed E-state index contributed by atoms with van der Waals surface area (Å²) in [6.07, 6.45) is -3.15. The Morgan fingerprint density at radius 2 is 1.64 bits per heavy atom. The second-order valence-corrected chi connectivity index (χ2v) is 10.7. The molecule has 220 valence electrons. The zero-order valence-corrected chi connectivity index (χ0v) is 24.8. The van der Waals surface area contributed by atoms with E-state index in [0.29, 0.717) is 33.7 Å². The van der Waals surface area contributed by atoms with E-state index < -0.39 is 17.3 Å². The van der Waals surface area contributed by atoms with Crippen LogP contribution in [-0.4, -0.2) is 23.0 Å². The number of ether oxygens (including phenoxy) is 2. The normalized spacial score (nSPS) is 11.8. The van der Waals surface area contributed by atoms with Crippen molar-refractivity contribution in [3.63, 3.8) is 0 Å². The van der Waals surface area contributed by atoms with Crippen molar-refractivity contribution in [1.82, 2.24) is 9.66 Å². The summed E-state index contributed by atoms with van der Waals surface area (Å²) in [5.74, 6) is 0.868. The van der Waals surface area contributed by atoms with Gasteiger partial charge < -0.3 is 9.47 Å². The molecule has 6 rings (SSSR count). The van der Waals surface area contributed by atoms with E-state index >= 15 is 0 Å². The number of para-hydroxylation sites is 1. The zero-order chi connectivity index (χ0) is 30.8. The van der Waals surface area contributed by atoms with Crippen LogP contribution in [0.2, 0.25) is 0 Å². The SMILES string of the molecule is COc1cc(C=Nn2c(-c3cccc(C(F)(F)F)c3)nc3ccccc3c2=O)cc(Br)c1OCc1cccc2ccccc12. The van der Waals surface area contributed by atoms with E-state index in [0.717, 1.165) is 33.1 Å². The summed E-state index contributed by atoms with van der Waals surface area (Å²) < 4.78 is 53.9. The van der Waals surface area contributed by atoms with E-state index in [1.54, 1.807) is 36.4 Å². The predicted molar refractivity (Wildman–Crippen MR) is 168 cm³/mol. The van der Waals surface area contributed by atoms with Gasteiger partial charge in [0.25, 0.3) is 5.56 Å². The molecule has 0 N–H and O–H groups in total. The smallest absolute Gasteiger partial charge is 0.416 e. The molecule has 0 fully saturated rings. The first-order valence-corrected chi connectivity index (χ1v) is 14.2. The van der Waals surface area contributed by atoms with Gasteiger partial charge in [0.15, 0.2) is 17.3 Å². The molecule has 0 atom stereocenters. The van der Waals surface area contributed by atoms with Crippen LogP contribution in [0.5, 0.6) is 11.5 Å². The molecule has 10 heteroatoms. The minimum atomic E-state index is -4.57. The number of nitrogens with zero attached hydrogens (tertiary/aromatic N) is 3. The van der Waals surface area contributed by atoms with Gasteiger partial charge in [0, 0.05) is 5.56 Å². The molecule has 0 amide bonds. The van der Waals surface area contributed by atoms with Gasteiger partial charge in [-0.2, -0.15) is 22.9 Å². The molecule has 0 aliphatic rings. The summed E-state index contributed by atoms with van der Waals surface area (Å²) >= 11 is 3.56. The average Bonchev–Trinajstić information content (AvgIpc) is 3.03.